The van der Waals surface area contributed by atoms with Gasteiger partial charge >= 0.3 is 0 Å². The molecule has 0 bridgehead atoms. The first kappa shape index (κ1) is 20.3. The second-order valence-electron chi connectivity index (χ2n) is 6.26. The molecule has 29 heavy (non-hydrogen) atoms. The predicted octanol–water partition coefficient (Wildman–Crippen LogP) is 3.76. The van der Waals surface area contributed by atoms with E-state index in [2.05, 4.69) is 27.4 Å². The number of nitrogens with one attached hydrogen (secondary N) is 2. The summed E-state index contributed by atoms with van der Waals surface area (Å²) in [7, 11) is 0. The van der Waals surface area contributed by atoms with Crippen LogP contribution in [0.1, 0.15) is 15.9 Å². The Kier molecular flexibility index (Phi) is 6.80. The van der Waals surface area contributed by atoms with Crippen LogP contribution in [0, 0.1) is 6.92 Å². The van der Waals surface area contributed by atoms with Crippen LogP contribution in [0.2, 0.25) is 0 Å². The van der Waals surface area contributed by atoms with E-state index in [1.54, 1.807) is 41.2 Å². The molecule has 2 N–H and O–H groups in total. The van der Waals surface area contributed by atoms with Crippen molar-refractivity contribution in [1.29, 1.82) is 0 Å². The van der Waals surface area contributed by atoms with Gasteiger partial charge in [-0.2, -0.15) is 0 Å². The van der Waals surface area contributed by atoms with Crippen LogP contribution in [-0.4, -0.2) is 32.3 Å². The highest BCUT2D eigenvalue weighted by molar-refractivity contribution is 7.99. The summed E-state index contributed by atoms with van der Waals surface area (Å²) in [4.78, 5) is 25.1. The fraction of sp³-hybridized carbons (Fsp3) is 0.143. The third-order valence-electron chi connectivity index (χ3n) is 3.96. The van der Waals surface area contributed by atoms with Crippen molar-refractivity contribution in [2.45, 2.75) is 18.6 Å². The molecule has 0 fully saturated rings. The number of carbonyl (C=O) groups excluding carboxylic acids is 2. The minimum absolute atomic E-state index is 0.143. The lowest BCUT2D eigenvalue weighted by Crippen LogP contribution is -2.19. The molecule has 1 heterocycles. The molecule has 7 nitrogen and oxygen atoms in total. The van der Waals surface area contributed by atoms with Crippen molar-refractivity contribution in [3.05, 3.63) is 78.6 Å². The van der Waals surface area contributed by atoms with E-state index in [4.69, 9.17) is 0 Å². The average molecular weight is 407 g/mol. The fourth-order valence-electron chi connectivity index (χ4n) is 2.65. The molecule has 1 aromatic heterocycles. The molecule has 0 aliphatic heterocycles. The highest BCUT2D eigenvalue weighted by Crippen LogP contribution is 2.20. The molecule has 0 saturated heterocycles. The molecule has 0 aliphatic rings. The number of thioether (sulfide) groups is 1. The lowest BCUT2D eigenvalue weighted by Gasteiger charge is -2.12. The number of hydrogen-bond donors (Lipinski definition) is 2. The van der Waals surface area contributed by atoms with Crippen LogP contribution in [0.4, 0.5) is 11.4 Å². The van der Waals surface area contributed by atoms with Crippen molar-refractivity contribution >= 4 is 35.0 Å². The topological polar surface area (TPSA) is 88.9 Å². The fourth-order valence-corrected chi connectivity index (χ4v) is 3.37. The highest BCUT2D eigenvalue weighted by Gasteiger charge is 2.14. The number of hydrogen-bond acceptors (Lipinski definition) is 5. The highest BCUT2D eigenvalue weighted by atomic mass is 32.2. The summed E-state index contributed by atoms with van der Waals surface area (Å²) in [6.45, 7) is 6.21. The van der Waals surface area contributed by atoms with Crippen molar-refractivity contribution in [2.75, 3.05) is 16.4 Å². The van der Waals surface area contributed by atoms with Gasteiger partial charge in [-0.25, -0.2) is 0 Å². The summed E-state index contributed by atoms with van der Waals surface area (Å²) in [5, 5.41) is 14.1. The molecule has 8 heteroatoms. The zero-order valence-corrected chi connectivity index (χ0v) is 16.8. The van der Waals surface area contributed by atoms with E-state index >= 15 is 0 Å². The van der Waals surface area contributed by atoms with Crippen molar-refractivity contribution < 1.29 is 9.59 Å². The largest absolute Gasteiger partial charge is 0.325 e. The predicted molar refractivity (Wildman–Crippen MR) is 115 cm³/mol. The number of rotatable bonds is 8. The molecular formula is C21H21N5O2S. The SMILES string of the molecule is C=CCn1cnnc1SCC(=O)Nc1ccccc1C(=O)Nc1cccc(C)c1. The third-order valence-corrected chi connectivity index (χ3v) is 4.94. The molecular weight excluding hydrogens is 386 g/mol. The van der Waals surface area contributed by atoms with Gasteiger partial charge in [0.15, 0.2) is 5.16 Å². The molecule has 3 aromatic rings. The Bertz CT molecular complexity index is 1030. The standard InChI is InChI=1S/C21H21N5O2S/c1-3-11-26-14-22-25-21(26)29-13-19(27)24-18-10-5-4-9-17(18)20(28)23-16-8-6-7-15(2)12-16/h3-10,12,14H,1,11,13H2,2H3,(H,23,28)(H,24,27). The first-order valence-electron chi connectivity index (χ1n) is 8.95. The average Bonchev–Trinajstić information content (AvgIpc) is 3.14. The van der Waals surface area contributed by atoms with Gasteiger partial charge in [0, 0.05) is 12.2 Å². The molecule has 148 valence electrons. The molecule has 0 spiro atoms. The third kappa shape index (κ3) is 5.55. The van der Waals surface area contributed by atoms with Gasteiger partial charge in [-0.15, -0.1) is 16.8 Å². The van der Waals surface area contributed by atoms with Gasteiger partial charge in [-0.1, -0.05) is 42.1 Å². The van der Waals surface area contributed by atoms with Gasteiger partial charge in [0.25, 0.3) is 5.91 Å². The quantitative estimate of drug-likeness (QED) is 0.438. The summed E-state index contributed by atoms with van der Waals surface area (Å²) in [5.41, 5.74) is 2.59. The minimum atomic E-state index is -0.287. The summed E-state index contributed by atoms with van der Waals surface area (Å²) in [6, 6.07) is 14.4. The van der Waals surface area contributed by atoms with E-state index in [0.717, 1.165) is 5.56 Å². The van der Waals surface area contributed by atoms with Crippen molar-refractivity contribution in [1.82, 2.24) is 14.8 Å². The van der Waals surface area contributed by atoms with Crippen LogP contribution in [0.15, 0.2) is 72.7 Å². The number of amides is 2. The molecule has 2 aromatic carbocycles. The maximum atomic E-state index is 12.7. The number of para-hydroxylation sites is 1. The van der Waals surface area contributed by atoms with Crippen LogP contribution in [0.25, 0.3) is 0 Å². The maximum Gasteiger partial charge on any atom is 0.257 e. The molecule has 3 rings (SSSR count). The number of benzene rings is 2. The summed E-state index contributed by atoms with van der Waals surface area (Å²) < 4.78 is 1.80. The van der Waals surface area contributed by atoms with Gasteiger partial charge in [-0.3, -0.25) is 9.59 Å². The normalized spacial score (nSPS) is 10.4. The summed E-state index contributed by atoms with van der Waals surface area (Å²) >= 11 is 1.27. The first-order chi connectivity index (χ1) is 14.1. The Morgan fingerprint density at radius 2 is 2.00 bits per heavy atom. The van der Waals surface area contributed by atoms with E-state index in [1.807, 2.05) is 31.2 Å². The molecule has 0 saturated carbocycles. The molecule has 0 unspecified atom stereocenters. The molecule has 0 aliphatic carbocycles. The number of nitrogens with zero attached hydrogens (tertiary/aromatic N) is 3. The van der Waals surface area contributed by atoms with E-state index in [-0.39, 0.29) is 17.6 Å². The van der Waals surface area contributed by atoms with Gasteiger partial charge in [0.2, 0.25) is 5.91 Å². The lowest BCUT2D eigenvalue weighted by atomic mass is 10.1. The lowest BCUT2D eigenvalue weighted by molar-refractivity contribution is -0.113. The zero-order chi connectivity index (χ0) is 20.6. The Morgan fingerprint density at radius 3 is 2.79 bits per heavy atom. The van der Waals surface area contributed by atoms with Crippen LogP contribution < -0.4 is 10.6 Å². The van der Waals surface area contributed by atoms with E-state index in [9.17, 15) is 9.59 Å². The number of carbonyl (C=O) groups is 2. The number of aromatic nitrogens is 3. The summed E-state index contributed by atoms with van der Waals surface area (Å²) in [5.74, 6) is -0.382. The first-order valence-corrected chi connectivity index (χ1v) is 9.94. The minimum Gasteiger partial charge on any atom is -0.325 e. The van der Waals surface area contributed by atoms with E-state index in [0.29, 0.717) is 28.6 Å². The van der Waals surface area contributed by atoms with Gasteiger partial charge in [0.1, 0.15) is 6.33 Å². The Labute approximate surface area is 173 Å². The monoisotopic (exact) mass is 407 g/mol. The van der Waals surface area contributed by atoms with Crippen LogP contribution in [0.3, 0.4) is 0 Å². The van der Waals surface area contributed by atoms with Crippen LogP contribution in [0.5, 0.6) is 0 Å². The van der Waals surface area contributed by atoms with E-state index in [1.165, 1.54) is 11.8 Å². The molecule has 0 atom stereocenters. The second kappa shape index (κ2) is 9.70. The number of allylic oxidation sites excluding steroid dienone is 1. The van der Waals surface area contributed by atoms with Crippen LogP contribution in [-0.2, 0) is 11.3 Å². The number of anilines is 2. The van der Waals surface area contributed by atoms with Crippen LogP contribution >= 0.6 is 11.8 Å². The number of aryl methyl sites for hydroxylation is 1. The van der Waals surface area contributed by atoms with E-state index < -0.39 is 0 Å². The molecule has 2 amide bonds. The summed E-state index contributed by atoms with van der Waals surface area (Å²) in [6.07, 6.45) is 3.32. The van der Waals surface area contributed by atoms with Crippen molar-refractivity contribution in [2.24, 2.45) is 0 Å². The Balaban J connectivity index is 1.65. The second-order valence-corrected chi connectivity index (χ2v) is 7.20. The van der Waals surface area contributed by atoms with Crippen molar-refractivity contribution in [3.8, 4) is 0 Å². The van der Waals surface area contributed by atoms with Gasteiger partial charge in [-0.05, 0) is 36.8 Å². The Morgan fingerprint density at radius 1 is 1.17 bits per heavy atom. The zero-order valence-electron chi connectivity index (χ0n) is 16.0. The van der Waals surface area contributed by atoms with Gasteiger partial charge in [0.05, 0.1) is 17.0 Å². The van der Waals surface area contributed by atoms with Gasteiger partial charge < -0.3 is 15.2 Å². The maximum absolute atomic E-state index is 12.7. The molecule has 0 radical (unpaired) electrons. The Hall–Kier alpha value is -3.39. The van der Waals surface area contributed by atoms with Crippen molar-refractivity contribution in [3.63, 3.8) is 0 Å². The smallest absolute Gasteiger partial charge is 0.257 e.